The van der Waals surface area contributed by atoms with Gasteiger partial charge in [0, 0.05) is 23.0 Å². The number of para-hydroxylation sites is 1. The van der Waals surface area contributed by atoms with E-state index >= 15 is 0 Å². The van der Waals surface area contributed by atoms with Gasteiger partial charge in [-0.25, -0.2) is 0 Å². The van der Waals surface area contributed by atoms with E-state index in [0.29, 0.717) is 12.3 Å². The van der Waals surface area contributed by atoms with E-state index in [9.17, 15) is 4.79 Å². The predicted molar refractivity (Wildman–Crippen MR) is 94.7 cm³/mol. The summed E-state index contributed by atoms with van der Waals surface area (Å²) >= 11 is 1.43. The lowest BCUT2D eigenvalue weighted by atomic mass is 10.2. The number of carbonyl (C=O) groups is 1. The third-order valence-electron chi connectivity index (χ3n) is 3.55. The Morgan fingerprint density at radius 3 is 2.61 bits per heavy atom. The highest BCUT2D eigenvalue weighted by Gasteiger charge is 2.15. The third kappa shape index (κ3) is 3.51. The maximum Gasteiger partial charge on any atom is 0.237 e. The number of benzene rings is 2. The summed E-state index contributed by atoms with van der Waals surface area (Å²) in [5.74, 6) is 0.407. The molecule has 0 aliphatic heterocycles. The van der Waals surface area contributed by atoms with E-state index in [1.165, 1.54) is 11.8 Å². The fourth-order valence-corrected chi connectivity index (χ4v) is 3.29. The monoisotopic (exact) mass is 323 g/mol. The maximum absolute atomic E-state index is 12.5. The summed E-state index contributed by atoms with van der Waals surface area (Å²) in [4.78, 5) is 14.3. The highest BCUT2D eigenvalue weighted by Crippen LogP contribution is 2.25. The van der Waals surface area contributed by atoms with Gasteiger partial charge in [-0.05, 0) is 19.1 Å². The Balaban J connectivity index is 1.75. The molecule has 0 spiro atoms. The molecule has 0 unspecified atom stereocenters. The zero-order valence-electron chi connectivity index (χ0n) is 12.8. The van der Waals surface area contributed by atoms with Crippen molar-refractivity contribution < 1.29 is 4.79 Å². The second kappa shape index (κ2) is 7.24. The third-order valence-corrected chi connectivity index (χ3v) is 4.52. The van der Waals surface area contributed by atoms with Crippen LogP contribution in [0, 0.1) is 0 Å². The number of hydrogen-bond acceptors (Lipinski definition) is 4. The molecule has 1 heterocycles. The van der Waals surface area contributed by atoms with E-state index in [0.717, 1.165) is 21.5 Å². The zero-order valence-corrected chi connectivity index (χ0v) is 13.7. The summed E-state index contributed by atoms with van der Waals surface area (Å²) in [6.45, 7) is 2.62. The minimum atomic E-state index is 0.0680. The van der Waals surface area contributed by atoms with Crippen LogP contribution in [0.2, 0.25) is 0 Å². The number of anilines is 1. The number of aromatic nitrogens is 2. The summed E-state index contributed by atoms with van der Waals surface area (Å²) < 4.78 is 0. The zero-order chi connectivity index (χ0) is 16.1. The molecule has 116 valence electrons. The van der Waals surface area contributed by atoms with Crippen LogP contribution in [0.15, 0.2) is 65.8 Å². The van der Waals surface area contributed by atoms with E-state index in [2.05, 4.69) is 10.2 Å². The van der Waals surface area contributed by atoms with Gasteiger partial charge in [-0.15, -0.1) is 5.10 Å². The summed E-state index contributed by atoms with van der Waals surface area (Å²) in [6, 6.07) is 17.7. The molecule has 4 nitrogen and oxygen atoms in total. The van der Waals surface area contributed by atoms with Gasteiger partial charge in [0.15, 0.2) is 0 Å². The van der Waals surface area contributed by atoms with Crippen LogP contribution in [0.1, 0.15) is 6.92 Å². The lowest BCUT2D eigenvalue weighted by Gasteiger charge is -2.20. The summed E-state index contributed by atoms with van der Waals surface area (Å²) in [5, 5.41) is 11.1. The highest BCUT2D eigenvalue weighted by atomic mass is 32.2. The number of carbonyl (C=O) groups excluding carboxylic acids is 1. The minimum Gasteiger partial charge on any atom is -0.312 e. The van der Waals surface area contributed by atoms with Crippen molar-refractivity contribution in [3.8, 4) is 0 Å². The number of thioether (sulfide) groups is 1. The highest BCUT2D eigenvalue weighted by molar-refractivity contribution is 8.00. The number of nitrogens with zero attached hydrogens (tertiary/aromatic N) is 3. The molecule has 3 aromatic rings. The standard InChI is InChI=1S/C18H17N3OS/c1-2-21(15-9-4-3-5-10-15)17(22)13-23-18-16-11-7-6-8-14(16)12-19-20-18/h3-12H,2,13H2,1H3. The van der Waals surface area contributed by atoms with Gasteiger partial charge in [0.05, 0.1) is 11.9 Å². The Morgan fingerprint density at radius 1 is 1.09 bits per heavy atom. The van der Waals surface area contributed by atoms with Crippen molar-refractivity contribution in [2.45, 2.75) is 11.9 Å². The molecular formula is C18H17N3OS. The number of fused-ring (bicyclic) bond motifs is 1. The molecule has 5 heteroatoms. The van der Waals surface area contributed by atoms with Crippen molar-refractivity contribution in [1.82, 2.24) is 10.2 Å². The first kappa shape index (κ1) is 15.5. The van der Waals surface area contributed by atoms with Gasteiger partial charge in [0.1, 0.15) is 5.03 Å². The van der Waals surface area contributed by atoms with Crippen LogP contribution in [-0.2, 0) is 4.79 Å². The van der Waals surface area contributed by atoms with E-state index in [-0.39, 0.29) is 5.91 Å². The average molecular weight is 323 g/mol. The second-order valence-corrected chi connectivity index (χ2v) is 5.96. The normalized spacial score (nSPS) is 10.7. The summed E-state index contributed by atoms with van der Waals surface area (Å²) in [6.07, 6.45) is 1.74. The van der Waals surface area contributed by atoms with E-state index < -0.39 is 0 Å². The number of amides is 1. The van der Waals surface area contributed by atoms with Crippen LogP contribution < -0.4 is 4.90 Å². The first-order chi connectivity index (χ1) is 11.3. The number of hydrogen-bond donors (Lipinski definition) is 0. The van der Waals surface area contributed by atoms with Crippen LogP contribution in [-0.4, -0.2) is 28.4 Å². The molecule has 1 amide bonds. The first-order valence-electron chi connectivity index (χ1n) is 7.48. The van der Waals surface area contributed by atoms with Gasteiger partial charge in [0.2, 0.25) is 5.91 Å². The Kier molecular flexibility index (Phi) is 4.88. The predicted octanol–water partition coefficient (Wildman–Crippen LogP) is 3.78. The lowest BCUT2D eigenvalue weighted by molar-refractivity contribution is -0.116. The summed E-state index contributed by atoms with van der Waals surface area (Å²) in [5.41, 5.74) is 0.921. The van der Waals surface area contributed by atoms with Crippen LogP contribution in [0.3, 0.4) is 0 Å². The fourth-order valence-electron chi connectivity index (χ4n) is 2.43. The molecule has 0 N–H and O–H groups in total. The maximum atomic E-state index is 12.5. The largest absolute Gasteiger partial charge is 0.312 e. The van der Waals surface area contributed by atoms with Gasteiger partial charge in [-0.3, -0.25) is 4.79 Å². The van der Waals surface area contributed by atoms with Crippen molar-refractivity contribution in [2.24, 2.45) is 0 Å². The van der Waals surface area contributed by atoms with Crippen molar-refractivity contribution in [3.05, 3.63) is 60.8 Å². The van der Waals surface area contributed by atoms with E-state index in [1.54, 1.807) is 11.1 Å². The summed E-state index contributed by atoms with van der Waals surface area (Å²) in [7, 11) is 0. The van der Waals surface area contributed by atoms with Gasteiger partial charge in [0.25, 0.3) is 0 Å². The quantitative estimate of drug-likeness (QED) is 0.671. The van der Waals surface area contributed by atoms with Crippen molar-refractivity contribution in [3.63, 3.8) is 0 Å². The molecule has 3 rings (SSSR count). The minimum absolute atomic E-state index is 0.0680. The van der Waals surface area contributed by atoms with Gasteiger partial charge in [-0.2, -0.15) is 5.10 Å². The molecule has 1 aromatic heterocycles. The number of rotatable bonds is 5. The molecule has 2 aromatic carbocycles. The molecule has 23 heavy (non-hydrogen) atoms. The molecule has 0 aliphatic rings. The molecule has 0 saturated heterocycles. The van der Waals surface area contributed by atoms with Crippen molar-refractivity contribution >= 4 is 34.1 Å². The van der Waals surface area contributed by atoms with Crippen LogP contribution in [0.4, 0.5) is 5.69 Å². The Hall–Kier alpha value is -2.40. The smallest absolute Gasteiger partial charge is 0.237 e. The van der Waals surface area contributed by atoms with Crippen LogP contribution >= 0.6 is 11.8 Å². The van der Waals surface area contributed by atoms with Crippen molar-refractivity contribution in [1.29, 1.82) is 0 Å². The molecule has 0 fully saturated rings. The molecule has 0 saturated carbocycles. The molecular weight excluding hydrogens is 306 g/mol. The SMILES string of the molecule is CCN(C(=O)CSc1nncc2ccccc12)c1ccccc1. The first-order valence-corrected chi connectivity index (χ1v) is 8.47. The van der Waals surface area contributed by atoms with Crippen LogP contribution in [0.5, 0.6) is 0 Å². The van der Waals surface area contributed by atoms with Gasteiger partial charge >= 0.3 is 0 Å². The molecule has 0 radical (unpaired) electrons. The van der Waals surface area contributed by atoms with Crippen LogP contribution in [0.25, 0.3) is 10.8 Å². The second-order valence-electron chi connectivity index (χ2n) is 5.00. The fraction of sp³-hybridized carbons (Fsp3) is 0.167. The topological polar surface area (TPSA) is 46.1 Å². The Bertz CT molecular complexity index is 802. The Morgan fingerprint density at radius 2 is 1.83 bits per heavy atom. The van der Waals surface area contributed by atoms with E-state index in [1.807, 2.05) is 61.5 Å². The van der Waals surface area contributed by atoms with Crippen molar-refractivity contribution in [2.75, 3.05) is 17.2 Å². The van der Waals surface area contributed by atoms with Gasteiger partial charge in [-0.1, -0.05) is 54.2 Å². The molecule has 0 bridgehead atoms. The Labute approximate surface area is 139 Å². The molecule has 0 aliphatic carbocycles. The van der Waals surface area contributed by atoms with Gasteiger partial charge < -0.3 is 4.90 Å². The lowest BCUT2D eigenvalue weighted by Crippen LogP contribution is -2.32. The average Bonchev–Trinajstić information content (AvgIpc) is 2.61. The van der Waals surface area contributed by atoms with E-state index in [4.69, 9.17) is 0 Å². The molecule has 0 atom stereocenters.